The number of aryl methyl sites for hydroxylation is 6. The van der Waals surface area contributed by atoms with Crippen LogP contribution in [-0.4, -0.2) is 58.4 Å². The summed E-state index contributed by atoms with van der Waals surface area (Å²) in [6, 6.07) is 16.1. The molecular weight excluding hydrogens is 725 g/mol. The fourth-order valence-corrected chi connectivity index (χ4v) is 7.81. The van der Waals surface area contributed by atoms with Crippen molar-refractivity contribution >= 4 is 46.1 Å². The molecule has 1 N–H and O–H groups in total. The van der Waals surface area contributed by atoms with Gasteiger partial charge in [-0.25, -0.2) is 9.59 Å². The van der Waals surface area contributed by atoms with Gasteiger partial charge in [0.05, 0.1) is 17.7 Å². The van der Waals surface area contributed by atoms with E-state index >= 15 is 0 Å². The number of allylic oxidation sites excluding steroid dienone is 7. The molecule has 0 amide bonds. The standard InChI is InChI=1S/C50H56N2O6/c1-13-41(57-49(55)29(3)4)27-51(45-33(9)23-31(7)24-34(45)10)39-19-15-37(16-20-39)43-47(53)44(48(43)54)38-17-21-40(22-18-38)52(28-42(14-2)58-50(56)30(5)6)46-35(11)25-32(8)26-36(46)12/h15-26,41-42H,3,5,13-14,27-28H2,1-2,4,6-12H3/p+1. The maximum Gasteiger partial charge on any atom is 0.333 e. The predicted molar refractivity (Wildman–Crippen MR) is 234 cm³/mol. The minimum atomic E-state index is -0.423. The fourth-order valence-electron chi connectivity index (χ4n) is 7.81. The Morgan fingerprint density at radius 2 is 1.21 bits per heavy atom. The number of nitrogens with zero attached hydrogens (tertiary/aromatic N) is 2. The van der Waals surface area contributed by atoms with Crippen LogP contribution in [0.2, 0.25) is 0 Å². The average molecular weight is 782 g/mol. The molecule has 2 atom stereocenters. The summed E-state index contributed by atoms with van der Waals surface area (Å²) >= 11 is 0. The topological polar surface area (TPSA) is 96.1 Å². The van der Waals surface area contributed by atoms with Crippen LogP contribution in [0.3, 0.4) is 0 Å². The number of carbonyl (C=O) groups excluding carboxylic acids is 3. The van der Waals surface area contributed by atoms with E-state index in [1.54, 1.807) is 13.8 Å². The van der Waals surface area contributed by atoms with Gasteiger partial charge in [0.1, 0.15) is 11.9 Å². The molecule has 0 saturated carbocycles. The number of esters is 2. The number of aliphatic hydroxyl groups is 1. The Balaban J connectivity index is 1.48. The number of Topliss-reactive ketones (excluding diaryl/α,β-unsaturated/α-hetero) is 1. The summed E-state index contributed by atoms with van der Waals surface area (Å²) < 4.78 is 13.8. The number of hydrogen-bond acceptors (Lipinski definition) is 7. The van der Waals surface area contributed by atoms with Crippen LogP contribution in [0.25, 0.3) is 5.57 Å². The first kappa shape index (κ1) is 43.1. The summed E-state index contributed by atoms with van der Waals surface area (Å²) in [6.45, 7) is 28.0. The van der Waals surface area contributed by atoms with Crippen molar-refractivity contribution in [2.45, 2.75) is 94.3 Å². The van der Waals surface area contributed by atoms with Crippen molar-refractivity contribution in [2.24, 2.45) is 0 Å². The second-order valence-corrected chi connectivity index (χ2v) is 15.7. The Morgan fingerprint density at radius 1 is 0.724 bits per heavy atom. The molecule has 3 aromatic carbocycles. The largest absolute Gasteiger partial charge is 0.506 e. The van der Waals surface area contributed by atoms with E-state index in [0.717, 1.165) is 56.2 Å². The van der Waals surface area contributed by atoms with Crippen LogP contribution < -0.4 is 4.90 Å². The van der Waals surface area contributed by atoms with E-state index in [2.05, 4.69) is 88.4 Å². The van der Waals surface area contributed by atoms with Crippen molar-refractivity contribution in [1.82, 2.24) is 0 Å². The van der Waals surface area contributed by atoms with E-state index < -0.39 is 24.1 Å². The predicted octanol–water partition coefficient (Wildman–Crippen LogP) is 10.5. The third-order valence-electron chi connectivity index (χ3n) is 10.6. The quantitative estimate of drug-likeness (QED) is 0.0988. The number of hydrogen-bond donors (Lipinski definition) is 1. The molecule has 3 aromatic rings. The van der Waals surface area contributed by atoms with Gasteiger partial charge in [0.25, 0.3) is 0 Å². The van der Waals surface area contributed by atoms with Gasteiger partial charge in [-0.15, -0.1) is 0 Å². The van der Waals surface area contributed by atoms with E-state index in [1.165, 1.54) is 0 Å². The lowest BCUT2D eigenvalue weighted by molar-refractivity contribution is -0.451. The van der Waals surface area contributed by atoms with Gasteiger partial charge in [-0.2, -0.15) is 4.58 Å². The maximum absolute atomic E-state index is 13.8. The van der Waals surface area contributed by atoms with Gasteiger partial charge in [0, 0.05) is 45.8 Å². The molecule has 0 bridgehead atoms. The van der Waals surface area contributed by atoms with Crippen molar-refractivity contribution in [3.63, 3.8) is 0 Å². The lowest BCUT2D eigenvalue weighted by Gasteiger charge is -2.32. The summed E-state index contributed by atoms with van der Waals surface area (Å²) in [7, 11) is 0. The molecule has 2 aliphatic carbocycles. The highest BCUT2D eigenvalue weighted by molar-refractivity contribution is 6.39. The number of aliphatic hydroxyl groups excluding tert-OH is 1. The third kappa shape index (κ3) is 9.23. The van der Waals surface area contributed by atoms with Crippen LogP contribution in [-0.2, 0) is 23.9 Å². The molecule has 2 unspecified atom stereocenters. The van der Waals surface area contributed by atoms with Crippen LogP contribution in [0.15, 0.2) is 114 Å². The summed E-state index contributed by atoms with van der Waals surface area (Å²) in [5.41, 5.74) is 12.9. The second kappa shape index (κ2) is 18.1. The first-order valence-corrected chi connectivity index (χ1v) is 19.9. The molecule has 58 heavy (non-hydrogen) atoms. The van der Waals surface area contributed by atoms with Gasteiger partial charge >= 0.3 is 11.9 Å². The molecule has 5 rings (SSSR count). The van der Waals surface area contributed by atoms with Crippen molar-refractivity contribution in [3.8, 4) is 0 Å². The molecule has 0 aromatic heterocycles. The SMILES string of the molecule is C=C(C)C(=O)OC(CC)CN(c1ccc(C2=C(O)C(=C3C=CC(=[N+](CC(CC)OC(=O)C(=C)C)c4c(C)cc(C)cc4C)C=C3)C2=O)cc1)c1c(C)cc(C)cc1C. The van der Waals surface area contributed by atoms with Gasteiger partial charge < -0.3 is 19.5 Å². The zero-order chi connectivity index (χ0) is 42.6. The van der Waals surface area contributed by atoms with E-state index in [4.69, 9.17) is 9.47 Å². The van der Waals surface area contributed by atoms with Crippen molar-refractivity contribution in [1.29, 1.82) is 0 Å². The lowest BCUT2D eigenvalue weighted by Crippen LogP contribution is -2.33. The van der Waals surface area contributed by atoms with E-state index in [1.807, 2.05) is 62.4 Å². The molecule has 2 aliphatic rings. The Labute approximate surface area is 343 Å². The minimum Gasteiger partial charge on any atom is -0.506 e. The highest BCUT2D eigenvalue weighted by Crippen LogP contribution is 2.41. The van der Waals surface area contributed by atoms with Crippen LogP contribution in [0, 0.1) is 41.5 Å². The fraction of sp³-hybridized carbons (Fsp3) is 0.320. The van der Waals surface area contributed by atoms with E-state index in [-0.39, 0.29) is 22.7 Å². The van der Waals surface area contributed by atoms with Crippen LogP contribution in [0.4, 0.5) is 17.1 Å². The molecule has 0 spiro atoms. The van der Waals surface area contributed by atoms with E-state index in [9.17, 15) is 19.5 Å². The first-order chi connectivity index (χ1) is 27.4. The highest BCUT2D eigenvalue weighted by Gasteiger charge is 2.37. The van der Waals surface area contributed by atoms with Gasteiger partial charge in [0.15, 0.2) is 12.6 Å². The molecule has 0 fully saturated rings. The van der Waals surface area contributed by atoms with Gasteiger partial charge in [-0.05, 0) is 127 Å². The number of ether oxygens (including phenoxy) is 2. The number of ketones is 1. The number of benzene rings is 3. The summed E-state index contributed by atoms with van der Waals surface area (Å²) in [5.74, 6) is -1.14. The molecule has 0 aliphatic heterocycles. The number of anilines is 2. The minimum absolute atomic E-state index is 0.0508. The molecule has 0 heterocycles. The number of rotatable bonds is 14. The Bertz CT molecular complexity index is 2290. The van der Waals surface area contributed by atoms with E-state index in [0.29, 0.717) is 48.2 Å². The smallest absolute Gasteiger partial charge is 0.333 e. The van der Waals surface area contributed by atoms with Crippen LogP contribution >= 0.6 is 0 Å². The van der Waals surface area contributed by atoms with Gasteiger partial charge in [0.2, 0.25) is 17.2 Å². The van der Waals surface area contributed by atoms with Crippen LogP contribution in [0.5, 0.6) is 0 Å². The zero-order valence-electron chi connectivity index (χ0n) is 35.7. The Morgan fingerprint density at radius 3 is 1.67 bits per heavy atom. The highest BCUT2D eigenvalue weighted by atomic mass is 16.5. The first-order valence-electron chi connectivity index (χ1n) is 19.9. The summed E-state index contributed by atoms with van der Waals surface area (Å²) in [5, 5.41) is 11.4. The zero-order valence-corrected chi connectivity index (χ0v) is 35.7. The monoisotopic (exact) mass is 781 g/mol. The third-order valence-corrected chi connectivity index (χ3v) is 10.6. The molecule has 8 heteroatoms. The number of carbonyl (C=O) groups is 3. The van der Waals surface area contributed by atoms with Crippen LogP contribution in [0.1, 0.15) is 79.5 Å². The Hall–Kier alpha value is -6.02. The summed E-state index contributed by atoms with van der Waals surface area (Å²) in [6.07, 6.45) is 8.00. The van der Waals surface area contributed by atoms with Crippen molar-refractivity contribution in [2.75, 3.05) is 18.0 Å². The molecule has 0 radical (unpaired) electrons. The van der Waals surface area contributed by atoms with Gasteiger partial charge in [-0.1, -0.05) is 62.4 Å². The normalized spacial score (nSPS) is 14.6. The second-order valence-electron chi connectivity index (χ2n) is 15.7. The van der Waals surface area contributed by atoms with Gasteiger partial charge in [-0.3, -0.25) is 4.79 Å². The lowest BCUT2D eigenvalue weighted by atomic mass is 9.80. The Kier molecular flexibility index (Phi) is 13.4. The summed E-state index contributed by atoms with van der Waals surface area (Å²) in [4.78, 5) is 41.0. The maximum atomic E-state index is 13.8. The van der Waals surface area contributed by atoms with Crippen molar-refractivity contribution in [3.05, 3.63) is 153 Å². The molecule has 8 nitrogen and oxygen atoms in total. The molecular formula is C50H57N2O6+. The van der Waals surface area contributed by atoms with Crippen molar-refractivity contribution < 1.29 is 33.5 Å². The molecule has 0 saturated heterocycles. The average Bonchev–Trinajstić information content (AvgIpc) is 3.16. The molecule has 302 valence electrons.